The molecule has 0 aliphatic carbocycles. The predicted molar refractivity (Wildman–Crippen MR) is 74.7 cm³/mol. The Labute approximate surface area is 114 Å². The van der Waals surface area contributed by atoms with Gasteiger partial charge in [0.25, 0.3) is 0 Å². The Bertz CT molecular complexity index is 444. The summed E-state index contributed by atoms with van der Waals surface area (Å²) in [6.45, 7) is 5.05. The molecule has 4 heteroatoms. The van der Waals surface area contributed by atoms with E-state index in [1.54, 1.807) is 24.3 Å². The summed E-state index contributed by atoms with van der Waals surface area (Å²) in [5.74, 6) is 0.815. The molecule has 3 atom stereocenters. The van der Waals surface area contributed by atoms with E-state index in [-0.39, 0.29) is 17.7 Å². The maximum Gasteiger partial charge on any atom is 0.240 e. The topological polar surface area (TPSA) is 66.6 Å². The molecule has 2 unspecified atom stereocenters. The normalized spacial score (nSPS) is 24.5. The predicted octanol–water partition coefficient (Wildman–Crippen LogP) is 1.52. The average Bonchev–Trinajstić information content (AvgIpc) is 2.70. The molecule has 1 aliphatic heterocycles. The molecule has 1 aromatic carbocycles. The number of benzene rings is 1. The molecule has 19 heavy (non-hydrogen) atoms. The second-order valence-corrected chi connectivity index (χ2v) is 5.66. The minimum absolute atomic E-state index is 0.0323. The van der Waals surface area contributed by atoms with Crippen molar-refractivity contribution in [2.75, 3.05) is 6.54 Å². The smallest absolute Gasteiger partial charge is 0.240 e. The van der Waals surface area contributed by atoms with Gasteiger partial charge in [0.15, 0.2) is 0 Å². The summed E-state index contributed by atoms with van der Waals surface area (Å²) in [6, 6.07) is 6.63. The Morgan fingerprint density at radius 2 is 2.05 bits per heavy atom. The highest BCUT2D eigenvalue weighted by molar-refractivity contribution is 5.82. The second-order valence-electron chi connectivity index (χ2n) is 5.66. The van der Waals surface area contributed by atoms with E-state index in [2.05, 4.69) is 13.8 Å². The number of aromatic hydroxyl groups is 1. The molecule has 2 rings (SSSR count). The maximum atomic E-state index is 12.3. The van der Waals surface area contributed by atoms with Gasteiger partial charge in [-0.05, 0) is 43.4 Å². The first-order valence-electron chi connectivity index (χ1n) is 6.81. The molecule has 0 bridgehead atoms. The zero-order valence-electron chi connectivity index (χ0n) is 11.5. The molecule has 0 radical (unpaired) electrons. The van der Waals surface area contributed by atoms with Crippen LogP contribution in [0.5, 0.6) is 5.75 Å². The quantitative estimate of drug-likeness (QED) is 0.868. The van der Waals surface area contributed by atoms with E-state index in [1.165, 1.54) is 0 Å². The van der Waals surface area contributed by atoms with Crippen molar-refractivity contribution in [3.05, 3.63) is 29.8 Å². The first-order valence-corrected chi connectivity index (χ1v) is 6.81. The van der Waals surface area contributed by atoms with Crippen LogP contribution >= 0.6 is 0 Å². The number of amides is 1. The summed E-state index contributed by atoms with van der Waals surface area (Å²) in [4.78, 5) is 14.2. The van der Waals surface area contributed by atoms with E-state index in [0.29, 0.717) is 12.3 Å². The summed E-state index contributed by atoms with van der Waals surface area (Å²) < 4.78 is 0. The molecule has 0 aromatic heterocycles. The van der Waals surface area contributed by atoms with E-state index in [0.717, 1.165) is 18.5 Å². The number of carbonyl (C=O) groups excluding carboxylic acids is 1. The second kappa shape index (κ2) is 5.61. The molecule has 1 heterocycles. The van der Waals surface area contributed by atoms with Gasteiger partial charge in [-0.25, -0.2) is 0 Å². The van der Waals surface area contributed by atoms with Crippen LogP contribution in [0.3, 0.4) is 0 Å². The highest BCUT2D eigenvalue weighted by Crippen LogP contribution is 2.23. The van der Waals surface area contributed by atoms with Gasteiger partial charge in [-0.2, -0.15) is 0 Å². The summed E-state index contributed by atoms with van der Waals surface area (Å²) >= 11 is 0. The number of likely N-dealkylation sites (tertiary alicyclic amines) is 1. The molecule has 0 spiro atoms. The van der Waals surface area contributed by atoms with Crippen LogP contribution in [0.25, 0.3) is 0 Å². The molecule has 104 valence electrons. The van der Waals surface area contributed by atoms with Gasteiger partial charge >= 0.3 is 0 Å². The van der Waals surface area contributed by atoms with Gasteiger partial charge in [-0.15, -0.1) is 0 Å². The Kier molecular flexibility index (Phi) is 4.10. The van der Waals surface area contributed by atoms with E-state index >= 15 is 0 Å². The summed E-state index contributed by atoms with van der Waals surface area (Å²) in [5, 5.41) is 9.23. The molecule has 3 N–H and O–H groups in total. The van der Waals surface area contributed by atoms with Gasteiger partial charge in [-0.1, -0.05) is 19.1 Å². The number of rotatable bonds is 3. The lowest BCUT2D eigenvalue weighted by atomic mass is 10.1. The number of carbonyl (C=O) groups is 1. The highest BCUT2D eigenvalue weighted by Gasteiger charge is 2.32. The van der Waals surface area contributed by atoms with E-state index in [9.17, 15) is 9.90 Å². The molecule has 0 saturated carbocycles. The standard InChI is InChI=1S/C15H22N2O2/c1-10-7-11(2)17(9-10)15(19)14(16)8-12-3-5-13(18)6-4-12/h3-6,10-11,14,18H,7-9,16H2,1-2H3/t10?,11?,14-/m0/s1. The summed E-state index contributed by atoms with van der Waals surface area (Å²) in [7, 11) is 0. The van der Waals surface area contributed by atoms with Crippen molar-refractivity contribution in [1.82, 2.24) is 4.90 Å². The van der Waals surface area contributed by atoms with Crippen LogP contribution in [0, 0.1) is 5.92 Å². The van der Waals surface area contributed by atoms with E-state index < -0.39 is 6.04 Å². The monoisotopic (exact) mass is 262 g/mol. The molecule has 1 aromatic rings. The third-order valence-corrected chi connectivity index (χ3v) is 3.78. The molecule has 1 fully saturated rings. The summed E-state index contributed by atoms with van der Waals surface area (Å²) in [5.41, 5.74) is 6.99. The van der Waals surface area contributed by atoms with Crippen LogP contribution in [0.15, 0.2) is 24.3 Å². The van der Waals surface area contributed by atoms with Crippen molar-refractivity contribution in [2.24, 2.45) is 11.7 Å². The Balaban J connectivity index is 1.97. The van der Waals surface area contributed by atoms with Crippen LogP contribution in [-0.2, 0) is 11.2 Å². The first-order chi connectivity index (χ1) is 8.97. The Morgan fingerprint density at radius 3 is 2.58 bits per heavy atom. The van der Waals surface area contributed by atoms with Gasteiger partial charge in [0.2, 0.25) is 5.91 Å². The lowest BCUT2D eigenvalue weighted by Crippen LogP contribution is -2.46. The van der Waals surface area contributed by atoms with Crippen LogP contribution in [0.2, 0.25) is 0 Å². The van der Waals surface area contributed by atoms with Crippen molar-refractivity contribution in [2.45, 2.75) is 38.8 Å². The Morgan fingerprint density at radius 1 is 1.42 bits per heavy atom. The van der Waals surface area contributed by atoms with Crippen molar-refractivity contribution in [3.63, 3.8) is 0 Å². The zero-order chi connectivity index (χ0) is 14.0. The van der Waals surface area contributed by atoms with Gasteiger partial charge in [0.05, 0.1) is 6.04 Å². The highest BCUT2D eigenvalue weighted by atomic mass is 16.3. The third-order valence-electron chi connectivity index (χ3n) is 3.78. The van der Waals surface area contributed by atoms with Crippen LogP contribution in [-0.4, -0.2) is 34.5 Å². The maximum absolute atomic E-state index is 12.3. The molecule has 1 aliphatic rings. The van der Waals surface area contributed by atoms with Crippen molar-refractivity contribution in [3.8, 4) is 5.75 Å². The molecule has 4 nitrogen and oxygen atoms in total. The molecule has 1 amide bonds. The fourth-order valence-corrected chi connectivity index (χ4v) is 2.79. The number of phenols is 1. The SMILES string of the molecule is CC1CC(C)N(C(=O)[C@@H](N)Cc2ccc(O)cc2)C1. The number of nitrogens with zero attached hydrogens (tertiary/aromatic N) is 1. The van der Waals surface area contributed by atoms with Crippen LogP contribution in [0.1, 0.15) is 25.8 Å². The van der Waals surface area contributed by atoms with Gasteiger partial charge < -0.3 is 15.7 Å². The zero-order valence-corrected chi connectivity index (χ0v) is 11.5. The largest absolute Gasteiger partial charge is 0.508 e. The number of hydrogen-bond donors (Lipinski definition) is 2. The minimum Gasteiger partial charge on any atom is -0.508 e. The van der Waals surface area contributed by atoms with Crippen molar-refractivity contribution in [1.29, 1.82) is 0 Å². The molecular formula is C15H22N2O2. The van der Waals surface area contributed by atoms with E-state index in [1.807, 2.05) is 4.90 Å². The fraction of sp³-hybridized carbons (Fsp3) is 0.533. The lowest BCUT2D eigenvalue weighted by Gasteiger charge is -2.25. The Hall–Kier alpha value is -1.55. The van der Waals surface area contributed by atoms with Crippen LogP contribution < -0.4 is 5.73 Å². The van der Waals surface area contributed by atoms with Crippen molar-refractivity contribution < 1.29 is 9.90 Å². The van der Waals surface area contributed by atoms with Gasteiger partial charge in [0, 0.05) is 12.6 Å². The van der Waals surface area contributed by atoms with E-state index in [4.69, 9.17) is 5.73 Å². The van der Waals surface area contributed by atoms with Gasteiger partial charge in [-0.3, -0.25) is 4.79 Å². The number of nitrogens with two attached hydrogens (primary N) is 1. The molecule has 1 saturated heterocycles. The number of phenolic OH excluding ortho intramolecular Hbond substituents is 1. The van der Waals surface area contributed by atoms with Crippen molar-refractivity contribution >= 4 is 5.91 Å². The first kappa shape index (κ1) is 13.9. The fourth-order valence-electron chi connectivity index (χ4n) is 2.79. The van der Waals surface area contributed by atoms with Crippen LogP contribution in [0.4, 0.5) is 0 Å². The molecular weight excluding hydrogens is 240 g/mol. The summed E-state index contributed by atoms with van der Waals surface area (Å²) in [6.07, 6.45) is 1.56. The number of hydrogen-bond acceptors (Lipinski definition) is 3. The third kappa shape index (κ3) is 3.26. The average molecular weight is 262 g/mol. The van der Waals surface area contributed by atoms with Gasteiger partial charge in [0.1, 0.15) is 5.75 Å². The lowest BCUT2D eigenvalue weighted by molar-refractivity contribution is -0.133. The minimum atomic E-state index is -0.503.